The topological polar surface area (TPSA) is 91.4 Å². The van der Waals surface area contributed by atoms with Gasteiger partial charge in [0.1, 0.15) is 10.5 Å². The second-order valence-electron chi connectivity index (χ2n) is 5.96. The third-order valence-electron chi connectivity index (χ3n) is 3.91. The summed E-state index contributed by atoms with van der Waals surface area (Å²) in [6.45, 7) is 1.81. The van der Waals surface area contributed by atoms with Crippen LogP contribution in [0.3, 0.4) is 0 Å². The van der Waals surface area contributed by atoms with E-state index in [4.69, 9.17) is 0 Å². The monoisotopic (exact) mass is 405 g/mol. The average molecular weight is 405 g/mol. The molecular formula is C17H14F3N7S. The molecule has 0 aliphatic rings. The Morgan fingerprint density at radius 2 is 1.86 bits per heavy atom. The summed E-state index contributed by atoms with van der Waals surface area (Å²) in [5, 5.41) is 13.1. The van der Waals surface area contributed by atoms with E-state index >= 15 is 8.78 Å². The van der Waals surface area contributed by atoms with E-state index in [2.05, 4.69) is 35.8 Å². The quantitative estimate of drug-likeness (QED) is 0.461. The van der Waals surface area contributed by atoms with Crippen molar-refractivity contribution in [1.29, 1.82) is 0 Å². The van der Waals surface area contributed by atoms with Crippen molar-refractivity contribution in [2.24, 2.45) is 0 Å². The minimum Gasteiger partial charge on any atom is -0.365 e. The summed E-state index contributed by atoms with van der Waals surface area (Å²) in [5.41, 5.74) is 0.500. The summed E-state index contributed by atoms with van der Waals surface area (Å²) in [6, 6.07) is 5.66. The molecule has 0 saturated carbocycles. The molecule has 4 aromatic rings. The zero-order chi connectivity index (χ0) is 19.9. The molecule has 0 fully saturated rings. The smallest absolute Gasteiger partial charge is 0.331 e. The van der Waals surface area contributed by atoms with Crippen molar-refractivity contribution in [3.05, 3.63) is 53.2 Å². The number of aromatic nitrogens is 5. The van der Waals surface area contributed by atoms with Gasteiger partial charge in [0.15, 0.2) is 22.4 Å². The number of aryl methyl sites for hydroxylation is 1. The summed E-state index contributed by atoms with van der Waals surface area (Å²) >= 11 is 1.22. The molecule has 7 nitrogen and oxygen atoms in total. The molecule has 0 radical (unpaired) electrons. The molecule has 4 rings (SSSR count). The zero-order valence-electron chi connectivity index (χ0n) is 14.7. The van der Waals surface area contributed by atoms with E-state index in [1.165, 1.54) is 11.3 Å². The lowest BCUT2D eigenvalue weighted by molar-refractivity contribution is 0.0332. The number of thiazole rings is 1. The van der Waals surface area contributed by atoms with E-state index in [0.29, 0.717) is 15.6 Å². The van der Waals surface area contributed by atoms with Crippen molar-refractivity contribution >= 4 is 38.5 Å². The molecule has 3 N–H and O–H groups in total. The molecule has 0 amide bonds. The predicted molar refractivity (Wildman–Crippen MR) is 101 cm³/mol. The van der Waals surface area contributed by atoms with Gasteiger partial charge < -0.3 is 10.6 Å². The molecule has 1 aromatic carbocycles. The van der Waals surface area contributed by atoms with Gasteiger partial charge >= 0.3 is 5.92 Å². The summed E-state index contributed by atoms with van der Waals surface area (Å²) in [6.07, 6.45) is 0. The summed E-state index contributed by atoms with van der Waals surface area (Å²) in [4.78, 5) is 12.2. The highest BCUT2D eigenvalue weighted by Gasteiger charge is 2.38. The maximum atomic E-state index is 15.0. The second-order valence-corrected chi connectivity index (χ2v) is 6.96. The number of hydrogen-bond donors (Lipinski definition) is 3. The van der Waals surface area contributed by atoms with Crippen molar-refractivity contribution in [1.82, 2.24) is 25.1 Å². The Morgan fingerprint density at radius 1 is 1.11 bits per heavy atom. The van der Waals surface area contributed by atoms with Gasteiger partial charge in [-0.1, -0.05) is 11.3 Å². The van der Waals surface area contributed by atoms with Crippen LogP contribution in [0.4, 0.5) is 29.9 Å². The number of benzene rings is 1. The van der Waals surface area contributed by atoms with Gasteiger partial charge in [0.05, 0.1) is 0 Å². The van der Waals surface area contributed by atoms with Gasteiger partial charge in [0, 0.05) is 24.4 Å². The number of nitrogens with one attached hydrogen (secondary N) is 3. The number of alkyl halides is 2. The van der Waals surface area contributed by atoms with Crippen LogP contribution in [0, 0.1) is 12.7 Å². The molecule has 3 heterocycles. The lowest BCUT2D eigenvalue weighted by Crippen LogP contribution is -2.20. The molecule has 3 aromatic heterocycles. The molecular weight excluding hydrogens is 391 g/mol. The zero-order valence-corrected chi connectivity index (χ0v) is 15.5. The van der Waals surface area contributed by atoms with Crippen LogP contribution in [0.1, 0.15) is 17.1 Å². The first-order chi connectivity index (χ1) is 13.4. The summed E-state index contributed by atoms with van der Waals surface area (Å²) in [5.74, 6) is -4.30. The molecule has 144 valence electrons. The minimum absolute atomic E-state index is 0.121. The highest BCUT2D eigenvalue weighted by molar-refractivity contribution is 7.22. The van der Waals surface area contributed by atoms with Gasteiger partial charge in [-0.2, -0.15) is 18.9 Å². The molecule has 0 aliphatic heterocycles. The molecule has 0 bridgehead atoms. The fourth-order valence-corrected chi connectivity index (χ4v) is 3.35. The number of rotatable bonds is 5. The van der Waals surface area contributed by atoms with Crippen molar-refractivity contribution in [3.63, 3.8) is 0 Å². The van der Waals surface area contributed by atoms with E-state index in [1.807, 2.05) is 6.92 Å². The van der Waals surface area contributed by atoms with Crippen LogP contribution < -0.4 is 10.6 Å². The fourth-order valence-electron chi connectivity index (χ4n) is 2.55. The Bertz CT molecular complexity index is 1140. The molecule has 0 atom stereocenters. The van der Waals surface area contributed by atoms with Crippen LogP contribution in [0.2, 0.25) is 0 Å². The highest BCUT2D eigenvalue weighted by atomic mass is 32.1. The van der Waals surface area contributed by atoms with Crippen LogP contribution in [-0.4, -0.2) is 32.2 Å². The molecule has 0 unspecified atom stereocenters. The van der Waals surface area contributed by atoms with Crippen LogP contribution in [0.5, 0.6) is 0 Å². The van der Waals surface area contributed by atoms with Gasteiger partial charge in [-0.15, -0.1) is 0 Å². The molecule has 0 saturated heterocycles. The molecule has 0 aliphatic carbocycles. The largest absolute Gasteiger partial charge is 0.365 e. The Labute approximate surface area is 161 Å². The van der Waals surface area contributed by atoms with Crippen LogP contribution in [-0.2, 0) is 5.92 Å². The first kappa shape index (κ1) is 18.2. The predicted octanol–water partition coefficient (Wildman–Crippen LogP) is 4.18. The Kier molecular flexibility index (Phi) is 4.38. The van der Waals surface area contributed by atoms with E-state index < -0.39 is 23.1 Å². The number of aromatic amines is 1. The van der Waals surface area contributed by atoms with Crippen LogP contribution in [0.15, 0.2) is 30.3 Å². The van der Waals surface area contributed by atoms with Crippen molar-refractivity contribution in [2.45, 2.75) is 12.8 Å². The third-order valence-corrected chi connectivity index (χ3v) is 4.98. The maximum Gasteiger partial charge on any atom is 0.331 e. The fraction of sp³-hybridized carbons (Fsp3) is 0.176. The van der Waals surface area contributed by atoms with Crippen molar-refractivity contribution in [2.75, 3.05) is 17.7 Å². The number of hydrogen-bond acceptors (Lipinski definition) is 7. The summed E-state index contributed by atoms with van der Waals surface area (Å²) in [7, 11) is 1.67. The van der Waals surface area contributed by atoms with Gasteiger partial charge in [-0.3, -0.25) is 5.10 Å². The van der Waals surface area contributed by atoms with Crippen LogP contribution >= 0.6 is 11.3 Å². The first-order valence-electron chi connectivity index (χ1n) is 8.16. The summed E-state index contributed by atoms with van der Waals surface area (Å²) < 4.78 is 43.7. The minimum atomic E-state index is -3.54. The highest BCUT2D eigenvalue weighted by Crippen LogP contribution is 2.38. The van der Waals surface area contributed by atoms with E-state index in [9.17, 15) is 4.39 Å². The van der Waals surface area contributed by atoms with Crippen molar-refractivity contribution < 1.29 is 13.2 Å². The Balaban J connectivity index is 1.85. The molecule has 28 heavy (non-hydrogen) atoms. The number of anilines is 3. The standard InChI is InChI=1S/C17H14F3N7S/c1-8-7-11(27-26-8)22-13-12-14(25-16(21-2)28-12)24-15(23-13)17(19,20)9-3-5-10(18)6-4-9/h3-7H,1-2H3,(H3,21,22,23,24,25,26,27). The van der Waals surface area contributed by atoms with Crippen molar-refractivity contribution in [3.8, 4) is 0 Å². The Hall–Kier alpha value is -3.21. The second kappa shape index (κ2) is 6.75. The number of nitrogens with zero attached hydrogens (tertiary/aromatic N) is 4. The first-order valence-corrected chi connectivity index (χ1v) is 8.98. The third kappa shape index (κ3) is 3.24. The van der Waals surface area contributed by atoms with Gasteiger partial charge in [-0.05, 0) is 31.2 Å². The number of fused-ring (bicyclic) bond motifs is 1. The lowest BCUT2D eigenvalue weighted by Gasteiger charge is -2.16. The van der Waals surface area contributed by atoms with Gasteiger partial charge in [0.25, 0.3) is 0 Å². The van der Waals surface area contributed by atoms with E-state index in [0.717, 1.165) is 30.0 Å². The van der Waals surface area contributed by atoms with Crippen LogP contribution in [0.25, 0.3) is 10.3 Å². The number of halogens is 3. The van der Waals surface area contributed by atoms with E-state index in [1.54, 1.807) is 13.1 Å². The van der Waals surface area contributed by atoms with Gasteiger partial charge in [-0.25, -0.2) is 14.4 Å². The van der Waals surface area contributed by atoms with Gasteiger partial charge in [0.2, 0.25) is 5.82 Å². The lowest BCUT2D eigenvalue weighted by atomic mass is 10.1. The maximum absolute atomic E-state index is 15.0. The normalized spacial score (nSPS) is 11.8. The number of H-pyrrole nitrogens is 1. The average Bonchev–Trinajstić information content (AvgIpc) is 3.27. The molecule has 0 spiro atoms. The Morgan fingerprint density at radius 3 is 2.50 bits per heavy atom. The molecule has 11 heteroatoms. The van der Waals surface area contributed by atoms with E-state index in [-0.39, 0.29) is 11.5 Å². The SMILES string of the molecule is CNc1nc2nc(C(F)(F)c3ccc(F)cc3)nc(Nc3cc(C)[nH]n3)c2s1.